The van der Waals surface area contributed by atoms with Gasteiger partial charge >= 0.3 is 6.03 Å². The van der Waals surface area contributed by atoms with Crippen molar-refractivity contribution in [3.63, 3.8) is 0 Å². The van der Waals surface area contributed by atoms with E-state index in [2.05, 4.69) is 5.32 Å². The maximum Gasteiger partial charge on any atom is 0.319 e. The number of carbonyl (C=O) groups excluding carboxylic acids is 2. The normalized spacial score (nSPS) is 11.8. The molecule has 88 valence electrons. The molecule has 0 fully saturated rings. The van der Waals surface area contributed by atoms with E-state index in [0.29, 0.717) is 13.1 Å². The summed E-state index contributed by atoms with van der Waals surface area (Å²) >= 11 is 0. The third-order valence-electron chi connectivity index (χ3n) is 2.37. The highest BCUT2D eigenvalue weighted by Crippen LogP contribution is 2.01. The van der Waals surface area contributed by atoms with E-state index >= 15 is 0 Å². The first-order valence-corrected chi connectivity index (χ1v) is 5.11. The summed E-state index contributed by atoms with van der Waals surface area (Å²) in [7, 11) is 5.04. The molecular weight excluding hydrogens is 194 g/mol. The average Bonchev–Trinajstić information content (AvgIpc) is 2.25. The monoisotopic (exact) mass is 215 g/mol. The molecule has 0 bridgehead atoms. The van der Waals surface area contributed by atoms with Gasteiger partial charge in [-0.05, 0) is 6.92 Å². The maximum absolute atomic E-state index is 11.6. The van der Waals surface area contributed by atoms with Gasteiger partial charge in [0.15, 0.2) is 0 Å². The smallest absolute Gasteiger partial charge is 0.319 e. The van der Waals surface area contributed by atoms with E-state index < -0.39 is 0 Å². The molecule has 0 heterocycles. The first-order chi connectivity index (χ1) is 6.93. The summed E-state index contributed by atoms with van der Waals surface area (Å²) < 4.78 is 0. The van der Waals surface area contributed by atoms with Crippen LogP contribution in [0.25, 0.3) is 0 Å². The number of rotatable bonds is 4. The standard InChI is InChI=1S/C10H21N3O2/c1-6-12(4)10(15)13(5)7-8(2)9(14)11-3/h8H,6-7H2,1-5H3,(H,11,14). The van der Waals surface area contributed by atoms with Crippen LogP contribution in [0.2, 0.25) is 0 Å². The molecule has 0 saturated carbocycles. The molecule has 0 radical (unpaired) electrons. The van der Waals surface area contributed by atoms with Crippen molar-refractivity contribution < 1.29 is 9.59 Å². The lowest BCUT2D eigenvalue weighted by Crippen LogP contribution is -2.43. The number of hydrogen-bond acceptors (Lipinski definition) is 2. The Bertz CT molecular complexity index is 231. The van der Waals surface area contributed by atoms with Crippen molar-refractivity contribution in [2.24, 2.45) is 5.92 Å². The molecule has 0 aliphatic carbocycles. The second kappa shape index (κ2) is 6.27. The van der Waals surface area contributed by atoms with E-state index in [9.17, 15) is 9.59 Å². The molecule has 1 unspecified atom stereocenters. The molecule has 0 saturated heterocycles. The first kappa shape index (κ1) is 13.7. The van der Waals surface area contributed by atoms with E-state index in [1.165, 1.54) is 0 Å². The Balaban J connectivity index is 4.18. The van der Waals surface area contributed by atoms with Crippen molar-refractivity contribution in [3.05, 3.63) is 0 Å². The van der Waals surface area contributed by atoms with Crippen molar-refractivity contribution in [1.29, 1.82) is 0 Å². The van der Waals surface area contributed by atoms with Crippen LogP contribution in [0.1, 0.15) is 13.8 Å². The fraction of sp³-hybridized carbons (Fsp3) is 0.800. The van der Waals surface area contributed by atoms with Gasteiger partial charge in [-0.1, -0.05) is 6.92 Å². The predicted octanol–water partition coefficient (Wildman–Crippen LogP) is 0.372. The van der Waals surface area contributed by atoms with Crippen molar-refractivity contribution in [3.8, 4) is 0 Å². The summed E-state index contributed by atoms with van der Waals surface area (Å²) in [5.74, 6) is -0.233. The Kier molecular flexibility index (Phi) is 5.74. The average molecular weight is 215 g/mol. The first-order valence-electron chi connectivity index (χ1n) is 5.11. The van der Waals surface area contributed by atoms with Crippen molar-refractivity contribution in [2.75, 3.05) is 34.2 Å². The molecule has 0 aromatic heterocycles. The number of hydrogen-bond donors (Lipinski definition) is 1. The quantitative estimate of drug-likeness (QED) is 0.736. The van der Waals surface area contributed by atoms with Crippen LogP contribution in [-0.4, -0.2) is 56.0 Å². The summed E-state index contributed by atoms with van der Waals surface area (Å²) in [5, 5.41) is 2.56. The van der Waals surface area contributed by atoms with E-state index in [1.54, 1.807) is 37.9 Å². The van der Waals surface area contributed by atoms with Crippen LogP contribution in [0.5, 0.6) is 0 Å². The highest BCUT2D eigenvalue weighted by molar-refractivity contribution is 5.79. The van der Waals surface area contributed by atoms with Crippen molar-refractivity contribution in [2.45, 2.75) is 13.8 Å². The van der Waals surface area contributed by atoms with Gasteiger partial charge in [0.1, 0.15) is 0 Å². The van der Waals surface area contributed by atoms with Gasteiger partial charge in [-0.2, -0.15) is 0 Å². The highest BCUT2D eigenvalue weighted by Gasteiger charge is 2.18. The molecule has 0 aromatic carbocycles. The van der Waals surface area contributed by atoms with E-state index in [-0.39, 0.29) is 17.9 Å². The minimum Gasteiger partial charge on any atom is -0.359 e. The minimum absolute atomic E-state index is 0.0474. The van der Waals surface area contributed by atoms with Crippen LogP contribution in [0.4, 0.5) is 4.79 Å². The molecule has 3 amide bonds. The Morgan fingerprint density at radius 1 is 1.27 bits per heavy atom. The number of urea groups is 1. The van der Waals surface area contributed by atoms with Gasteiger partial charge < -0.3 is 15.1 Å². The lowest BCUT2D eigenvalue weighted by Gasteiger charge is -2.25. The summed E-state index contributed by atoms with van der Waals surface area (Å²) in [5.41, 5.74) is 0. The van der Waals surface area contributed by atoms with Crippen LogP contribution in [0.3, 0.4) is 0 Å². The SMILES string of the molecule is CCN(C)C(=O)N(C)CC(C)C(=O)NC. The summed E-state index contributed by atoms with van der Waals surface area (Å²) in [6.45, 7) is 4.81. The molecule has 1 N–H and O–H groups in total. The van der Waals surface area contributed by atoms with Gasteiger partial charge in [-0.25, -0.2) is 4.79 Å². The number of amides is 3. The Labute approximate surface area is 91.4 Å². The third kappa shape index (κ3) is 4.18. The zero-order valence-corrected chi connectivity index (χ0v) is 10.2. The molecule has 0 aliphatic rings. The molecule has 0 aromatic rings. The van der Waals surface area contributed by atoms with E-state index in [4.69, 9.17) is 0 Å². The Morgan fingerprint density at radius 3 is 2.20 bits per heavy atom. The zero-order valence-electron chi connectivity index (χ0n) is 10.2. The molecule has 5 nitrogen and oxygen atoms in total. The van der Waals surface area contributed by atoms with Gasteiger partial charge in [-0.15, -0.1) is 0 Å². The Hall–Kier alpha value is -1.26. The lowest BCUT2D eigenvalue weighted by molar-refractivity contribution is -0.124. The van der Waals surface area contributed by atoms with Gasteiger partial charge in [0, 0.05) is 34.2 Å². The Morgan fingerprint density at radius 2 is 1.80 bits per heavy atom. The molecule has 5 heteroatoms. The van der Waals surface area contributed by atoms with Crippen LogP contribution >= 0.6 is 0 Å². The van der Waals surface area contributed by atoms with Gasteiger partial charge in [-0.3, -0.25) is 4.79 Å². The maximum atomic E-state index is 11.6. The predicted molar refractivity (Wildman–Crippen MR) is 59.6 cm³/mol. The van der Waals surface area contributed by atoms with Gasteiger partial charge in [0.25, 0.3) is 0 Å². The largest absolute Gasteiger partial charge is 0.359 e. The topological polar surface area (TPSA) is 52.7 Å². The molecule has 15 heavy (non-hydrogen) atoms. The van der Waals surface area contributed by atoms with E-state index in [1.807, 2.05) is 6.92 Å². The summed E-state index contributed by atoms with van der Waals surface area (Å²) in [6.07, 6.45) is 0. The molecular formula is C10H21N3O2. The van der Waals surface area contributed by atoms with E-state index in [0.717, 1.165) is 0 Å². The number of nitrogens with one attached hydrogen (secondary N) is 1. The number of carbonyl (C=O) groups is 2. The van der Waals surface area contributed by atoms with Crippen LogP contribution in [0.15, 0.2) is 0 Å². The van der Waals surface area contributed by atoms with Crippen molar-refractivity contribution in [1.82, 2.24) is 15.1 Å². The third-order valence-corrected chi connectivity index (χ3v) is 2.37. The minimum atomic E-state index is -0.186. The fourth-order valence-corrected chi connectivity index (χ4v) is 1.24. The van der Waals surface area contributed by atoms with Crippen LogP contribution < -0.4 is 5.32 Å². The van der Waals surface area contributed by atoms with Gasteiger partial charge in [0.05, 0.1) is 5.92 Å². The molecule has 1 atom stereocenters. The van der Waals surface area contributed by atoms with Crippen LogP contribution in [0, 0.1) is 5.92 Å². The summed E-state index contributed by atoms with van der Waals surface area (Å²) in [4.78, 5) is 26.1. The lowest BCUT2D eigenvalue weighted by atomic mass is 10.1. The molecule has 0 spiro atoms. The number of nitrogens with zero attached hydrogens (tertiary/aromatic N) is 2. The van der Waals surface area contributed by atoms with Gasteiger partial charge in [0.2, 0.25) is 5.91 Å². The molecule has 0 rings (SSSR count). The van der Waals surface area contributed by atoms with Crippen LogP contribution in [-0.2, 0) is 4.79 Å². The second-order valence-corrected chi connectivity index (χ2v) is 3.69. The van der Waals surface area contributed by atoms with Crippen molar-refractivity contribution >= 4 is 11.9 Å². The summed E-state index contributed by atoms with van der Waals surface area (Å²) in [6, 6.07) is -0.0618. The zero-order chi connectivity index (χ0) is 12.0. The highest BCUT2D eigenvalue weighted by atomic mass is 16.2. The second-order valence-electron chi connectivity index (χ2n) is 3.69. The fourth-order valence-electron chi connectivity index (χ4n) is 1.24. The molecule has 0 aliphatic heterocycles.